The highest BCUT2D eigenvalue weighted by molar-refractivity contribution is 8.00. The van der Waals surface area contributed by atoms with Gasteiger partial charge in [0.1, 0.15) is 11.4 Å². The van der Waals surface area contributed by atoms with Gasteiger partial charge in [0.25, 0.3) is 11.8 Å². The van der Waals surface area contributed by atoms with Crippen molar-refractivity contribution in [1.29, 1.82) is 0 Å². The van der Waals surface area contributed by atoms with E-state index < -0.39 is 11.8 Å². The number of benzene rings is 4. The van der Waals surface area contributed by atoms with Crippen molar-refractivity contribution in [3.63, 3.8) is 0 Å². The van der Waals surface area contributed by atoms with E-state index >= 15 is 0 Å². The number of ether oxygens (including phenoxy) is 3. The molecule has 10 heteroatoms. The van der Waals surface area contributed by atoms with Crippen molar-refractivity contribution in [3.8, 4) is 17.2 Å². The predicted molar refractivity (Wildman–Crippen MR) is 188 cm³/mol. The van der Waals surface area contributed by atoms with E-state index in [0.717, 1.165) is 10.6 Å². The molecular formula is C37H39N3O6S. The molecule has 3 amide bonds. The fraction of sp³-hybridized carbons (Fsp3) is 0.216. The third-order valence-electron chi connectivity index (χ3n) is 7.20. The molecule has 244 valence electrons. The van der Waals surface area contributed by atoms with Gasteiger partial charge in [-0.25, -0.2) is 0 Å². The topological polar surface area (TPSA) is 115 Å². The van der Waals surface area contributed by atoms with Crippen LogP contribution in [0, 0.1) is 0 Å². The van der Waals surface area contributed by atoms with E-state index in [-0.39, 0.29) is 16.9 Å². The molecule has 9 nitrogen and oxygen atoms in total. The molecule has 0 spiro atoms. The van der Waals surface area contributed by atoms with Gasteiger partial charge in [-0.2, -0.15) is 0 Å². The Bertz CT molecular complexity index is 1720. The molecule has 4 aromatic carbocycles. The first kappa shape index (κ1) is 34.6. The lowest BCUT2D eigenvalue weighted by Crippen LogP contribution is -2.30. The minimum Gasteiger partial charge on any atom is -0.496 e. The number of hydrogen-bond donors (Lipinski definition) is 3. The maximum Gasteiger partial charge on any atom is 0.272 e. The number of thioether (sulfide) groups is 1. The molecule has 0 bridgehead atoms. The molecular weight excluding hydrogens is 614 g/mol. The van der Waals surface area contributed by atoms with Gasteiger partial charge in [0, 0.05) is 33.5 Å². The predicted octanol–water partition coefficient (Wildman–Crippen LogP) is 7.36. The fourth-order valence-electron chi connectivity index (χ4n) is 4.53. The molecule has 0 radical (unpaired) electrons. The van der Waals surface area contributed by atoms with Crippen LogP contribution in [0.1, 0.15) is 48.2 Å². The summed E-state index contributed by atoms with van der Waals surface area (Å²) in [5.41, 5.74) is 3.31. The molecule has 1 unspecified atom stereocenters. The second-order valence-electron chi connectivity index (χ2n) is 10.8. The van der Waals surface area contributed by atoms with Crippen molar-refractivity contribution < 1.29 is 28.6 Å². The third-order valence-corrected chi connectivity index (χ3v) is 8.32. The quantitative estimate of drug-likeness (QED) is 0.102. The van der Waals surface area contributed by atoms with E-state index in [1.807, 2.05) is 43.3 Å². The normalized spacial score (nSPS) is 11.8. The number of carbonyl (C=O) groups is 3. The summed E-state index contributed by atoms with van der Waals surface area (Å²) in [6.07, 6.45) is 1.51. The molecule has 4 aromatic rings. The van der Waals surface area contributed by atoms with Crippen LogP contribution in [0.5, 0.6) is 17.2 Å². The van der Waals surface area contributed by atoms with Gasteiger partial charge in [-0.3, -0.25) is 14.4 Å². The molecule has 0 aromatic heterocycles. The number of hydrogen-bond acceptors (Lipinski definition) is 7. The summed E-state index contributed by atoms with van der Waals surface area (Å²) in [7, 11) is 4.51. The van der Waals surface area contributed by atoms with Gasteiger partial charge in [0.2, 0.25) is 5.91 Å². The van der Waals surface area contributed by atoms with Crippen LogP contribution in [-0.4, -0.2) is 44.3 Å². The maximum absolute atomic E-state index is 13.6. The Morgan fingerprint density at radius 3 is 1.87 bits per heavy atom. The summed E-state index contributed by atoms with van der Waals surface area (Å²) in [4.78, 5) is 40.4. The van der Waals surface area contributed by atoms with Crippen LogP contribution in [0.4, 0.5) is 11.4 Å². The highest BCUT2D eigenvalue weighted by Crippen LogP contribution is 2.36. The summed E-state index contributed by atoms with van der Waals surface area (Å²) in [6, 6.07) is 26.9. The maximum atomic E-state index is 13.6. The van der Waals surface area contributed by atoms with Crippen molar-refractivity contribution in [2.45, 2.75) is 36.8 Å². The Hall–Kier alpha value is -5.22. The lowest BCUT2D eigenvalue weighted by Gasteiger charge is -2.15. The van der Waals surface area contributed by atoms with Gasteiger partial charge in [-0.15, -0.1) is 11.8 Å². The number of amides is 3. The molecule has 0 heterocycles. The zero-order valence-corrected chi connectivity index (χ0v) is 28.1. The van der Waals surface area contributed by atoms with Gasteiger partial charge < -0.3 is 30.2 Å². The lowest BCUT2D eigenvalue weighted by atomic mass is 10.0. The second kappa shape index (κ2) is 16.4. The molecule has 0 saturated carbocycles. The van der Waals surface area contributed by atoms with E-state index in [1.54, 1.807) is 54.6 Å². The van der Waals surface area contributed by atoms with E-state index in [2.05, 4.69) is 29.8 Å². The van der Waals surface area contributed by atoms with Crippen LogP contribution in [0.3, 0.4) is 0 Å². The zero-order valence-electron chi connectivity index (χ0n) is 27.3. The molecule has 0 saturated heterocycles. The molecule has 0 aliphatic rings. The summed E-state index contributed by atoms with van der Waals surface area (Å²) < 4.78 is 16.3. The number of carbonyl (C=O) groups excluding carboxylic acids is 3. The summed E-state index contributed by atoms with van der Waals surface area (Å²) >= 11 is 1.40. The minimum atomic E-state index is -0.553. The molecule has 1 atom stereocenters. The largest absolute Gasteiger partial charge is 0.496 e. The van der Waals surface area contributed by atoms with Crippen molar-refractivity contribution >= 4 is 46.9 Å². The van der Waals surface area contributed by atoms with Crippen LogP contribution in [0.25, 0.3) is 6.08 Å². The van der Waals surface area contributed by atoms with E-state index in [0.29, 0.717) is 40.0 Å². The Morgan fingerprint density at radius 2 is 1.28 bits per heavy atom. The average molecular weight is 654 g/mol. The van der Waals surface area contributed by atoms with E-state index in [4.69, 9.17) is 14.2 Å². The number of anilines is 2. The van der Waals surface area contributed by atoms with Crippen LogP contribution in [-0.2, 0) is 9.59 Å². The third kappa shape index (κ3) is 9.40. The first-order chi connectivity index (χ1) is 22.6. The monoisotopic (exact) mass is 653 g/mol. The number of rotatable bonds is 13. The zero-order chi connectivity index (χ0) is 33.9. The first-order valence-electron chi connectivity index (χ1n) is 15.0. The highest BCUT2D eigenvalue weighted by atomic mass is 32.2. The van der Waals surface area contributed by atoms with Gasteiger partial charge in [0.05, 0.1) is 26.6 Å². The second-order valence-corrected chi connectivity index (χ2v) is 12.2. The van der Waals surface area contributed by atoms with Gasteiger partial charge >= 0.3 is 0 Å². The SMILES string of the molecule is COc1cc(OC)c(OC)cc1/C=C(\NC(=O)c1ccccc1)C(=O)Nc1ccc(SC(C)C(=O)Nc2ccc(C(C)C)cc2)cc1. The number of methoxy groups -OCH3 is 3. The summed E-state index contributed by atoms with van der Waals surface area (Å²) in [5, 5.41) is 8.18. The van der Waals surface area contributed by atoms with E-state index in [1.165, 1.54) is 44.7 Å². The van der Waals surface area contributed by atoms with Crippen molar-refractivity contribution in [1.82, 2.24) is 5.32 Å². The standard InChI is InChI=1S/C37H39N3O6S/c1-23(2)25-12-14-28(15-13-25)38-35(41)24(3)47-30-18-16-29(17-19-30)39-37(43)31(40-36(42)26-10-8-7-9-11-26)20-27-21-33(45-5)34(46-6)22-32(27)44-4/h7-24H,1-6H3,(H,38,41)(H,39,43)(H,40,42)/b31-20-. The smallest absolute Gasteiger partial charge is 0.272 e. The van der Waals surface area contributed by atoms with Gasteiger partial charge in [-0.05, 0) is 79.1 Å². The van der Waals surface area contributed by atoms with Crippen LogP contribution < -0.4 is 30.2 Å². The Morgan fingerprint density at radius 1 is 0.702 bits per heavy atom. The van der Waals surface area contributed by atoms with Crippen LogP contribution >= 0.6 is 11.8 Å². The van der Waals surface area contributed by atoms with Crippen LogP contribution in [0.15, 0.2) is 102 Å². The molecule has 4 rings (SSSR count). The minimum absolute atomic E-state index is 0.0189. The highest BCUT2D eigenvalue weighted by Gasteiger charge is 2.19. The first-order valence-corrected chi connectivity index (χ1v) is 15.9. The summed E-state index contributed by atoms with van der Waals surface area (Å²) in [5.74, 6) is 0.579. The van der Waals surface area contributed by atoms with Crippen LogP contribution in [0.2, 0.25) is 0 Å². The Balaban J connectivity index is 1.50. The molecule has 0 fully saturated rings. The Labute approximate surface area is 279 Å². The van der Waals surface area contributed by atoms with Gasteiger partial charge in [-0.1, -0.05) is 44.2 Å². The van der Waals surface area contributed by atoms with E-state index in [9.17, 15) is 14.4 Å². The fourth-order valence-corrected chi connectivity index (χ4v) is 5.40. The molecule has 0 aliphatic carbocycles. The van der Waals surface area contributed by atoms with Crippen molar-refractivity contribution in [2.75, 3.05) is 32.0 Å². The van der Waals surface area contributed by atoms with Crippen molar-refractivity contribution in [3.05, 3.63) is 113 Å². The summed E-state index contributed by atoms with van der Waals surface area (Å²) in [6.45, 7) is 6.09. The lowest BCUT2D eigenvalue weighted by molar-refractivity contribution is -0.115. The molecule has 3 N–H and O–H groups in total. The average Bonchev–Trinajstić information content (AvgIpc) is 3.08. The molecule has 47 heavy (non-hydrogen) atoms. The van der Waals surface area contributed by atoms with Gasteiger partial charge in [0.15, 0.2) is 11.5 Å². The number of nitrogens with one attached hydrogen (secondary N) is 3. The van der Waals surface area contributed by atoms with Crippen molar-refractivity contribution in [2.24, 2.45) is 0 Å². The Kier molecular flexibility index (Phi) is 12.1. The molecule has 0 aliphatic heterocycles.